The molecule has 0 bridgehead atoms. The summed E-state index contributed by atoms with van der Waals surface area (Å²) < 4.78 is 1.53. The normalized spacial score (nSPS) is 13.9. The van der Waals surface area contributed by atoms with Gasteiger partial charge in [0.15, 0.2) is 0 Å². The highest BCUT2D eigenvalue weighted by molar-refractivity contribution is 5.77. The molecule has 0 amide bonds. The van der Waals surface area contributed by atoms with Gasteiger partial charge in [0.1, 0.15) is 5.65 Å². The molecule has 0 unspecified atom stereocenters. The smallest absolute Gasteiger partial charge is 0.267 e. The van der Waals surface area contributed by atoms with Crippen LogP contribution in [0, 0.1) is 18.8 Å². The number of pyridine rings is 1. The number of nitrogens with zero attached hydrogens (tertiary/aromatic N) is 3. The number of fused-ring (bicyclic) bond motifs is 1. The van der Waals surface area contributed by atoms with Crippen molar-refractivity contribution in [1.29, 1.82) is 0 Å². The van der Waals surface area contributed by atoms with E-state index < -0.39 is 0 Å². The van der Waals surface area contributed by atoms with Crippen molar-refractivity contribution in [2.45, 2.75) is 25.7 Å². The fourth-order valence-electron chi connectivity index (χ4n) is 4.37. The maximum absolute atomic E-state index is 12.9. The van der Waals surface area contributed by atoms with Gasteiger partial charge in [-0.3, -0.25) is 9.36 Å². The summed E-state index contributed by atoms with van der Waals surface area (Å²) in [5.41, 5.74) is 5.09. The molecule has 0 radical (unpaired) electrons. The fraction of sp³-hybridized carbons (Fsp3) is 0.250. The van der Waals surface area contributed by atoms with Crippen molar-refractivity contribution in [3.63, 3.8) is 0 Å². The molecule has 0 atom stereocenters. The molecule has 6 heteroatoms. The standard InChI is InChI=1S/C28H27N5O/c1-19-5-3-4-6-20(19)7-8-23-17-24-18-30-28(32-26(24)33(2)27(23)34)31-25-11-9-21(10-12-25)22-13-15-29-16-14-22/h3-6,9-12,17-18,22,29H,13-16H2,1-2H3,(H,30,31,32). The number of aryl methyl sites for hydroxylation is 2. The van der Waals surface area contributed by atoms with Gasteiger partial charge in [-0.05, 0) is 74.2 Å². The van der Waals surface area contributed by atoms with E-state index in [-0.39, 0.29) is 5.56 Å². The maximum atomic E-state index is 12.9. The first-order valence-electron chi connectivity index (χ1n) is 11.6. The van der Waals surface area contributed by atoms with Crippen LogP contribution in [0.25, 0.3) is 11.0 Å². The molecule has 170 valence electrons. The molecule has 1 aliphatic heterocycles. The quantitative estimate of drug-likeness (QED) is 0.458. The van der Waals surface area contributed by atoms with E-state index in [0.29, 0.717) is 23.1 Å². The second-order valence-electron chi connectivity index (χ2n) is 8.73. The molecule has 2 aromatic carbocycles. The summed E-state index contributed by atoms with van der Waals surface area (Å²) in [5, 5.41) is 7.44. The molecule has 0 saturated carbocycles. The van der Waals surface area contributed by atoms with Crippen molar-refractivity contribution >= 4 is 22.7 Å². The molecule has 3 heterocycles. The fourth-order valence-corrected chi connectivity index (χ4v) is 4.37. The molecule has 4 aromatic rings. The van der Waals surface area contributed by atoms with Crippen LogP contribution < -0.4 is 16.2 Å². The van der Waals surface area contributed by atoms with Crippen LogP contribution in [-0.2, 0) is 7.05 Å². The van der Waals surface area contributed by atoms with E-state index in [0.717, 1.165) is 35.3 Å². The first-order chi connectivity index (χ1) is 16.6. The van der Waals surface area contributed by atoms with Crippen molar-refractivity contribution in [3.8, 4) is 11.8 Å². The van der Waals surface area contributed by atoms with Gasteiger partial charge < -0.3 is 10.6 Å². The van der Waals surface area contributed by atoms with Gasteiger partial charge >= 0.3 is 0 Å². The van der Waals surface area contributed by atoms with Gasteiger partial charge in [-0.2, -0.15) is 4.98 Å². The monoisotopic (exact) mass is 449 g/mol. The predicted molar refractivity (Wildman–Crippen MR) is 137 cm³/mol. The zero-order valence-corrected chi connectivity index (χ0v) is 19.4. The second-order valence-corrected chi connectivity index (χ2v) is 8.73. The molecule has 6 nitrogen and oxygen atoms in total. The van der Waals surface area contributed by atoms with E-state index in [2.05, 4.69) is 56.7 Å². The predicted octanol–water partition coefficient (Wildman–Crippen LogP) is 4.25. The number of anilines is 2. The van der Waals surface area contributed by atoms with Crippen molar-refractivity contribution in [2.24, 2.45) is 7.05 Å². The Hall–Kier alpha value is -3.95. The molecule has 1 saturated heterocycles. The minimum Gasteiger partial charge on any atom is -0.324 e. The summed E-state index contributed by atoms with van der Waals surface area (Å²) >= 11 is 0. The van der Waals surface area contributed by atoms with E-state index in [1.165, 1.54) is 23.0 Å². The van der Waals surface area contributed by atoms with Crippen LogP contribution in [0.15, 0.2) is 65.6 Å². The Kier molecular flexibility index (Phi) is 6.11. The molecular formula is C28H27N5O. The van der Waals surface area contributed by atoms with Crippen LogP contribution in [0.1, 0.15) is 41.0 Å². The Balaban J connectivity index is 1.39. The summed E-state index contributed by atoms with van der Waals surface area (Å²) in [6, 6.07) is 18.1. The maximum Gasteiger partial charge on any atom is 0.267 e. The first kappa shape index (κ1) is 21.9. The van der Waals surface area contributed by atoms with Gasteiger partial charge in [0.25, 0.3) is 5.56 Å². The molecular weight excluding hydrogens is 422 g/mol. The van der Waals surface area contributed by atoms with E-state index in [4.69, 9.17) is 0 Å². The third-order valence-corrected chi connectivity index (χ3v) is 6.40. The lowest BCUT2D eigenvalue weighted by molar-refractivity contribution is 0.460. The summed E-state index contributed by atoms with van der Waals surface area (Å²) in [4.78, 5) is 22.0. The van der Waals surface area contributed by atoms with E-state index >= 15 is 0 Å². The Labute approximate surface area is 199 Å². The highest BCUT2D eigenvalue weighted by Crippen LogP contribution is 2.26. The Bertz CT molecular complexity index is 1450. The number of benzene rings is 2. The Morgan fingerprint density at radius 3 is 2.53 bits per heavy atom. The summed E-state index contributed by atoms with van der Waals surface area (Å²) in [5.74, 6) is 7.22. The van der Waals surface area contributed by atoms with Crippen LogP contribution in [-0.4, -0.2) is 27.6 Å². The largest absolute Gasteiger partial charge is 0.324 e. The number of aromatic nitrogens is 3. The first-order valence-corrected chi connectivity index (χ1v) is 11.6. The average molecular weight is 450 g/mol. The average Bonchev–Trinajstić information content (AvgIpc) is 2.87. The van der Waals surface area contributed by atoms with Crippen molar-refractivity contribution in [3.05, 3.63) is 93.4 Å². The molecule has 0 spiro atoms. The summed E-state index contributed by atoms with van der Waals surface area (Å²) in [6.07, 6.45) is 4.07. The van der Waals surface area contributed by atoms with E-state index in [1.54, 1.807) is 19.3 Å². The Morgan fingerprint density at radius 2 is 1.76 bits per heavy atom. The van der Waals surface area contributed by atoms with Crippen LogP contribution in [0.5, 0.6) is 0 Å². The lowest BCUT2D eigenvalue weighted by Crippen LogP contribution is -2.26. The van der Waals surface area contributed by atoms with Crippen LogP contribution in [0.3, 0.4) is 0 Å². The van der Waals surface area contributed by atoms with Crippen molar-refractivity contribution in [1.82, 2.24) is 19.9 Å². The Morgan fingerprint density at radius 1 is 1.03 bits per heavy atom. The van der Waals surface area contributed by atoms with Crippen molar-refractivity contribution in [2.75, 3.05) is 18.4 Å². The number of hydrogen-bond donors (Lipinski definition) is 2. The highest BCUT2D eigenvalue weighted by Gasteiger charge is 2.15. The van der Waals surface area contributed by atoms with Gasteiger partial charge in [0, 0.05) is 29.9 Å². The SMILES string of the molecule is Cc1ccccc1C#Cc1cc2cnc(Nc3ccc(C4CCNCC4)cc3)nc2n(C)c1=O. The third kappa shape index (κ3) is 4.57. The van der Waals surface area contributed by atoms with E-state index in [9.17, 15) is 4.79 Å². The number of hydrogen-bond acceptors (Lipinski definition) is 5. The molecule has 2 aromatic heterocycles. The van der Waals surface area contributed by atoms with Gasteiger partial charge in [-0.1, -0.05) is 42.2 Å². The molecule has 5 rings (SSSR count). The van der Waals surface area contributed by atoms with Crippen molar-refractivity contribution < 1.29 is 0 Å². The number of rotatable bonds is 3. The third-order valence-electron chi connectivity index (χ3n) is 6.40. The van der Waals surface area contributed by atoms with E-state index in [1.807, 2.05) is 31.2 Å². The summed E-state index contributed by atoms with van der Waals surface area (Å²) in [6.45, 7) is 4.16. The summed E-state index contributed by atoms with van der Waals surface area (Å²) in [7, 11) is 1.72. The minimum atomic E-state index is -0.176. The van der Waals surface area contributed by atoms with Gasteiger partial charge in [0.2, 0.25) is 5.95 Å². The van der Waals surface area contributed by atoms with Gasteiger partial charge in [-0.15, -0.1) is 0 Å². The zero-order valence-electron chi connectivity index (χ0n) is 19.4. The van der Waals surface area contributed by atoms with Crippen LogP contribution in [0.4, 0.5) is 11.6 Å². The lowest BCUT2D eigenvalue weighted by atomic mass is 9.90. The minimum absolute atomic E-state index is 0.176. The number of piperidine rings is 1. The topological polar surface area (TPSA) is 71.8 Å². The molecule has 34 heavy (non-hydrogen) atoms. The van der Waals surface area contributed by atoms with Crippen LogP contribution >= 0.6 is 0 Å². The van der Waals surface area contributed by atoms with Gasteiger partial charge in [-0.25, -0.2) is 4.98 Å². The molecule has 1 aliphatic rings. The van der Waals surface area contributed by atoms with Crippen LogP contribution in [0.2, 0.25) is 0 Å². The lowest BCUT2D eigenvalue weighted by Gasteiger charge is -2.23. The molecule has 2 N–H and O–H groups in total. The number of nitrogens with one attached hydrogen (secondary N) is 2. The second kappa shape index (κ2) is 9.50. The highest BCUT2D eigenvalue weighted by atomic mass is 16.1. The molecule has 0 aliphatic carbocycles. The van der Waals surface area contributed by atoms with Gasteiger partial charge in [0.05, 0.1) is 5.56 Å². The molecule has 1 fully saturated rings. The zero-order chi connectivity index (χ0) is 23.5.